The van der Waals surface area contributed by atoms with Crippen molar-refractivity contribution in [3.63, 3.8) is 0 Å². The molecule has 160 valence electrons. The van der Waals surface area contributed by atoms with Crippen LogP contribution in [0.15, 0.2) is 12.2 Å². The molecule has 0 aliphatic heterocycles. The first-order chi connectivity index (χ1) is 13.2. The van der Waals surface area contributed by atoms with Crippen LogP contribution in [0.4, 0.5) is 9.59 Å². The van der Waals surface area contributed by atoms with Crippen molar-refractivity contribution < 1.29 is 38.1 Å². The zero-order chi connectivity index (χ0) is 21.4. The second-order valence-corrected chi connectivity index (χ2v) is 6.14. The van der Waals surface area contributed by atoms with Gasteiger partial charge in [0.25, 0.3) is 0 Å². The van der Waals surface area contributed by atoms with E-state index in [9.17, 15) is 19.2 Å². The Kier molecular flexibility index (Phi) is 13.8. The van der Waals surface area contributed by atoms with Gasteiger partial charge in [-0.3, -0.25) is 0 Å². The van der Waals surface area contributed by atoms with Gasteiger partial charge in [0, 0.05) is 25.2 Å². The summed E-state index contributed by atoms with van der Waals surface area (Å²) in [5, 5.41) is 5.02. The quantitative estimate of drug-likeness (QED) is 0.218. The number of hydrogen-bond acceptors (Lipinski definition) is 8. The molecule has 0 unspecified atom stereocenters. The molecule has 0 radical (unpaired) electrons. The normalized spacial score (nSPS) is 10.6. The van der Waals surface area contributed by atoms with Crippen molar-refractivity contribution in [2.75, 3.05) is 26.3 Å². The van der Waals surface area contributed by atoms with E-state index in [-0.39, 0.29) is 25.4 Å². The highest BCUT2D eigenvalue weighted by Crippen LogP contribution is 1.92. The summed E-state index contributed by atoms with van der Waals surface area (Å²) in [6, 6.07) is 0. The molecule has 2 N–H and O–H groups in total. The summed E-state index contributed by atoms with van der Waals surface area (Å²) in [4.78, 5) is 45.3. The number of rotatable bonds is 12. The van der Waals surface area contributed by atoms with Gasteiger partial charge in [0.05, 0.1) is 25.4 Å². The largest absolute Gasteiger partial charge is 0.462 e. The van der Waals surface area contributed by atoms with E-state index in [1.54, 1.807) is 27.7 Å². The molecule has 0 bridgehead atoms. The Labute approximate surface area is 164 Å². The van der Waals surface area contributed by atoms with E-state index < -0.39 is 24.1 Å². The highest BCUT2D eigenvalue weighted by molar-refractivity contribution is 5.91. The summed E-state index contributed by atoms with van der Waals surface area (Å²) in [7, 11) is 0. The Balaban J connectivity index is 3.70. The highest BCUT2D eigenvalue weighted by Gasteiger charge is 2.05. The van der Waals surface area contributed by atoms with Crippen LogP contribution in [0.1, 0.15) is 40.5 Å². The van der Waals surface area contributed by atoms with Gasteiger partial charge in [0.15, 0.2) is 0 Å². The van der Waals surface area contributed by atoms with Gasteiger partial charge in [-0.1, -0.05) is 0 Å². The molecule has 0 aromatic rings. The third-order valence-corrected chi connectivity index (χ3v) is 2.71. The lowest BCUT2D eigenvalue weighted by atomic mass is 10.4. The summed E-state index contributed by atoms with van der Waals surface area (Å²) in [5.74, 6) is -1.39. The van der Waals surface area contributed by atoms with Crippen LogP contribution in [0.2, 0.25) is 0 Å². The van der Waals surface area contributed by atoms with Crippen LogP contribution >= 0.6 is 0 Å². The van der Waals surface area contributed by atoms with Crippen LogP contribution in [-0.2, 0) is 28.5 Å². The molecule has 0 spiro atoms. The Morgan fingerprint density at radius 2 is 1.07 bits per heavy atom. The molecule has 0 fully saturated rings. The molecule has 0 aliphatic carbocycles. The third kappa shape index (κ3) is 16.7. The summed E-state index contributed by atoms with van der Waals surface area (Å²) >= 11 is 0. The van der Waals surface area contributed by atoms with Gasteiger partial charge in [0.1, 0.15) is 0 Å². The maximum atomic E-state index is 11.4. The number of ether oxygens (including phenoxy) is 4. The van der Waals surface area contributed by atoms with Crippen LogP contribution in [-0.4, -0.2) is 62.6 Å². The smallest absolute Gasteiger partial charge is 0.407 e. The molecule has 0 saturated heterocycles. The Morgan fingerprint density at radius 1 is 0.714 bits per heavy atom. The van der Waals surface area contributed by atoms with Gasteiger partial charge < -0.3 is 29.6 Å². The number of nitrogens with one attached hydrogen (secondary N) is 2. The average Bonchev–Trinajstić information content (AvgIpc) is 2.58. The average molecular weight is 402 g/mol. The molecule has 0 heterocycles. The minimum absolute atomic E-state index is 0.0817. The van der Waals surface area contributed by atoms with Crippen LogP contribution in [0.3, 0.4) is 0 Å². The molecular formula is C18H30N2O8. The van der Waals surface area contributed by atoms with Crippen molar-refractivity contribution in [3.05, 3.63) is 12.2 Å². The first-order valence-electron chi connectivity index (χ1n) is 9.11. The fraction of sp³-hybridized carbons (Fsp3) is 0.667. The van der Waals surface area contributed by atoms with Crippen LogP contribution < -0.4 is 10.6 Å². The number of amides is 2. The number of carbonyl (C=O) groups excluding carboxylic acids is 4. The maximum Gasteiger partial charge on any atom is 0.407 e. The van der Waals surface area contributed by atoms with Gasteiger partial charge >= 0.3 is 24.1 Å². The van der Waals surface area contributed by atoms with E-state index >= 15 is 0 Å². The molecule has 10 heteroatoms. The van der Waals surface area contributed by atoms with Crippen LogP contribution in [0.5, 0.6) is 0 Å². The Bertz CT molecular complexity index is 486. The molecule has 0 aliphatic rings. The van der Waals surface area contributed by atoms with E-state index in [0.29, 0.717) is 25.9 Å². The standard InChI is InChI=1S/C18H30N2O8/c1-13(2)27-17(23)19-9-5-11-25-15(21)7-8-16(22)26-12-6-10-20-18(24)28-14(3)4/h7-8,13-14H,5-6,9-12H2,1-4H3,(H,19,23)(H,20,24)/b8-7+. The lowest BCUT2D eigenvalue weighted by molar-refractivity contribution is -0.140. The summed E-state index contributed by atoms with van der Waals surface area (Å²) < 4.78 is 19.5. The van der Waals surface area contributed by atoms with Crippen molar-refractivity contribution in [3.8, 4) is 0 Å². The zero-order valence-electron chi connectivity index (χ0n) is 16.8. The Morgan fingerprint density at radius 3 is 1.39 bits per heavy atom. The van der Waals surface area contributed by atoms with Gasteiger partial charge in [-0.25, -0.2) is 19.2 Å². The number of esters is 2. The van der Waals surface area contributed by atoms with Gasteiger partial charge in [-0.15, -0.1) is 0 Å². The summed E-state index contributed by atoms with van der Waals surface area (Å²) in [6.07, 6.45) is 1.25. The van der Waals surface area contributed by atoms with E-state index in [0.717, 1.165) is 12.2 Å². The molecule has 0 saturated carbocycles. The minimum atomic E-state index is -0.695. The zero-order valence-corrected chi connectivity index (χ0v) is 16.8. The summed E-state index contributed by atoms with van der Waals surface area (Å²) in [5.41, 5.74) is 0. The van der Waals surface area contributed by atoms with Crippen LogP contribution in [0, 0.1) is 0 Å². The topological polar surface area (TPSA) is 129 Å². The predicted octanol–water partition coefficient (Wildman–Crippen LogP) is 1.68. The second-order valence-electron chi connectivity index (χ2n) is 6.14. The second kappa shape index (κ2) is 15.3. The van der Waals surface area contributed by atoms with E-state index in [1.807, 2.05) is 0 Å². The van der Waals surface area contributed by atoms with Gasteiger partial charge in [0.2, 0.25) is 0 Å². The third-order valence-electron chi connectivity index (χ3n) is 2.71. The first kappa shape index (κ1) is 25.2. The number of alkyl carbamates (subject to hydrolysis) is 2. The molecule has 0 atom stereocenters. The lowest BCUT2D eigenvalue weighted by Crippen LogP contribution is -2.28. The van der Waals surface area contributed by atoms with Crippen molar-refractivity contribution in [2.45, 2.75) is 52.7 Å². The predicted molar refractivity (Wildman–Crippen MR) is 99.5 cm³/mol. The van der Waals surface area contributed by atoms with E-state index in [2.05, 4.69) is 10.6 Å². The maximum absolute atomic E-state index is 11.4. The van der Waals surface area contributed by atoms with Crippen molar-refractivity contribution >= 4 is 24.1 Å². The molecule has 28 heavy (non-hydrogen) atoms. The minimum Gasteiger partial charge on any atom is -0.462 e. The number of carbonyl (C=O) groups is 4. The monoisotopic (exact) mass is 402 g/mol. The number of hydrogen-bond donors (Lipinski definition) is 2. The summed E-state index contributed by atoms with van der Waals surface area (Å²) in [6.45, 7) is 7.70. The fourth-order valence-corrected chi connectivity index (χ4v) is 1.61. The lowest BCUT2D eigenvalue weighted by Gasteiger charge is -2.09. The highest BCUT2D eigenvalue weighted by atomic mass is 16.6. The van der Waals surface area contributed by atoms with Crippen molar-refractivity contribution in [1.29, 1.82) is 0 Å². The fourth-order valence-electron chi connectivity index (χ4n) is 1.61. The Hall–Kier alpha value is -2.78. The molecule has 2 amide bonds. The van der Waals surface area contributed by atoms with E-state index in [1.165, 1.54) is 0 Å². The first-order valence-corrected chi connectivity index (χ1v) is 9.11. The molecule has 0 rings (SSSR count). The molecule has 0 aromatic carbocycles. The SMILES string of the molecule is CC(C)OC(=O)NCCCOC(=O)/C=C/C(=O)OCCCNC(=O)OC(C)C. The van der Waals surface area contributed by atoms with Gasteiger partial charge in [-0.2, -0.15) is 0 Å². The molecule has 0 aromatic heterocycles. The van der Waals surface area contributed by atoms with Crippen molar-refractivity contribution in [1.82, 2.24) is 10.6 Å². The molecule has 10 nitrogen and oxygen atoms in total. The molecular weight excluding hydrogens is 372 g/mol. The van der Waals surface area contributed by atoms with Gasteiger partial charge in [-0.05, 0) is 40.5 Å². The van der Waals surface area contributed by atoms with Crippen LogP contribution in [0.25, 0.3) is 0 Å². The van der Waals surface area contributed by atoms with E-state index in [4.69, 9.17) is 18.9 Å². The van der Waals surface area contributed by atoms with Crippen molar-refractivity contribution in [2.24, 2.45) is 0 Å².